The molecule has 3 heteroatoms. The van der Waals surface area contributed by atoms with Gasteiger partial charge in [0.15, 0.2) is 0 Å². The number of hydrogen-bond acceptors (Lipinski definition) is 3. The first-order valence-electron chi connectivity index (χ1n) is 8.44. The van der Waals surface area contributed by atoms with Gasteiger partial charge in [-0.15, -0.1) is 0 Å². The fourth-order valence-electron chi connectivity index (χ4n) is 4.34. The van der Waals surface area contributed by atoms with Gasteiger partial charge in [0.05, 0.1) is 0 Å². The summed E-state index contributed by atoms with van der Waals surface area (Å²) < 4.78 is 0. The van der Waals surface area contributed by atoms with Gasteiger partial charge in [-0.3, -0.25) is 4.90 Å². The average molecular weight is 287 g/mol. The summed E-state index contributed by atoms with van der Waals surface area (Å²) >= 11 is 0. The van der Waals surface area contributed by atoms with Gasteiger partial charge >= 0.3 is 0 Å². The van der Waals surface area contributed by atoms with Crippen LogP contribution in [0.25, 0.3) is 0 Å². The highest BCUT2D eigenvalue weighted by Gasteiger charge is 2.38. The molecule has 1 aliphatic heterocycles. The predicted molar refractivity (Wildman–Crippen MR) is 89.6 cm³/mol. The lowest BCUT2D eigenvalue weighted by Gasteiger charge is -2.42. The van der Waals surface area contributed by atoms with E-state index in [4.69, 9.17) is 5.73 Å². The van der Waals surface area contributed by atoms with E-state index >= 15 is 0 Å². The van der Waals surface area contributed by atoms with E-state index in [0.29, 0.717) is 6.04 Å². The summed E-state index contributed by atoms with van der Waals surface area (Å²) in [4.78, 5) is 4.86. The number of anilines is 1. The highest BCUT2D eigenvalue weighted by molar-refractivity contribution is 5.46. The standard InChI is InChI=1S/C18H29N3/c1-20(2)16-10-8-15(9-11-16)18(13-19)21-12-4-6-14-5-3-7-17(14)21/h8-11,14,17-18H,3-7,12-13,19H2,1-2H3. The molecule has 1 saturated heterocycles. The molecule has 0 amide bonds. The molecular weight excluding hydrogens is 258 g/mol. The lowest BCUT2D eigenvalue weighted by molar-refractivity contribution is 0.0701. The molecule has 0 spiro atoms. The number of hydrogen-bond donors (Lipinski definition) is 1. The summed E-state index contributed by atoms with van der Waals surface area (Å²) in [5, 5.41) is 0. The van der Waals surface area contributed by atoms with Crippen molar-refractivity contribution in [2.45, 2.75) is 44.2 Å². The first-order valence-corrected chi connectivity index (χ1v) is 8.44. The van der Waals surface area contributed by atoms with Gasteiger partial charge in [-0.25, -0.2) is 0 Å². The number of nitrogens with zero attached hydrogens (tertiary/aromatic N) is 2. The first-order chi connectivity index (χ1) is 10.2. The van der Waals surface area contributed by atoms with Crippen LogP contribution in [0, 0.1) is 5.92 Å². The maximum Gasteiger partial charge on any atom is 0.0473 e. The van der Waals surface area contributed by atoms with Gasteiger partial charge in [-0.1, -0.05) is 18.6 Å². The van der Waals surface area contributed by atoms with Crippen molar-refractivity contribution in [2.75, 3.05) is 32.1 Å². The van der Waals surface area contributed by atoms with E-state index in [2.05, 4.69) is 48.2 Å². The van der Waals surface area contributed by atoms with E-state index in [1.807, 2.05) is 0 Å². The third kappa shape index (κ3) is 2.95. The van der Waals surface area contributed by atoms with Crippen molar-refractivity contribution in [3.05, 3.63) is 29.8 Å². The zero-order valence-corrected chi connectivity index (χ0v) is 13.5. The lowest BCUT2D eigenvalue weighted by atomic mass is 9.89. The Hall–Kier alpha value is -1.06. The minimum atomic E-state index is 0.395. The maximum absolute atomic E-state index is 6.16. The Kier molecular flexibility index (Phi) is 4.51. The van der Waals surface area contributed by atoms with Crippen molar-refractivity contribution >= 4 is 5.69 Å². The molecule has 2 N–H and O–H groups in total. The van der Waals surface area contributed by atoms with Gasteiger partial charge in [0.1, 0.15) is 0 Å². The van der Waals surface area contributed by atoms with Crippen LogP contribution in [0.3, 0.4) is 0 Å². The molecule has 2 aliphatic rings. The van der Waals surface area contributed by atoms with Crippen LogP contribution in [0.15, 0.2) is 24.3 Å². The molecule has 1 aromatic carbocycles. The van der Waals surface area contributed by atoms with Crippen molar-refractivity contribution in [1.29, 1.82) is 0 Å². The molecule has 3 atom stereocenters. The molecule has 1 aromatic rings. The van der Waals surface area contributed by atoms with Crippen molar-refractivity contribution in [2.24, 2.45) is 11.7 Å². The quantitative estimate of drug-likeness (QED) is 0.924. The maximum atomic E-state index is 6.16. The van der Waals surface area contributed by atoms with E-state index in [9.17, 15) is 0 Å². The van der Waals surface area contributed by atoms with Gasteiger partial charge in [0, 0.05) is 38.4 Å². The summed E-state index contributed by atoms with van der Waals surface area (Å²) in [6, 6.07) is 10.1. The van der Waals surface area contributed by atoms with E-state index in [1.54, 1.807) is 0 Å². The zero-order chi connectivity index (χ0) is 14.8. The van der Waals surface area contributed by atoms with Crippen molar-refractivity contribution < 1.29 is 0 Å². The summed E-state index contributed by atoms with van der Waals surface area (Å²) in [5.41, 5.74) is 8.81. The second-order valence-electron chi connectivity index (χ2n) is 6.88. The van der Waals surface area contributed by atoms with Crippen LogP contribution in [-0.2, 0) is 0 Å². The van der Waals surface area contributed by atoms with E-state index in [1.165, 1.54) is 49.9 Å². The molecule has 116 valence electrons. The van der Waals surface area contributed by atoms with Crippen LogP contribution < -0.4 is 10.6 Å². The second kappa shape index (κ2) is 6.37. The smallest absolute Gasteiger partial charge is 0.0473 e. The molecule has 3 rings (SSSR count). The minimum Gasteiger partial charge on any atom is -0.378 e. The van der Waals surface area contributed by atoms with Crippen molar-refractivity contribution in [3.63, 3.8) is 0 Å². The zero-order valence-electron chi connectivity index (χ0n) is 13.5. The number of nitrogens with two attached hydrogens (primary N) is 1. The lowest BCUT2D eigenvalue weighted by Crippen LogP contribution is -2.46. The Morgan fingerprint density at radius 2 is 1.86 bits per heavy atom. The molecule has 1 aliphatic carbocycles. The SMILES string of the molecule is CN(C)c1ccc(C(CN)N2CCCC3CCCC32)cc1. The summed E-state index contributed by atoms with van der Waals surface area (Å²) in [5.74, 6) is 0.925. The molecule has 3 nitrogen and oxygen atoms in total. The monoisotopic (exact) mass is 287 g/mol. The van der Waals surface area contributed by atoms with Gasteiger partial charge in [-0.05, 0) is 55.8 Å². The van der Waals surface area contributed by atoms with Crippen LogP contribution in [-0.4, -0.2) is 38.1 Å². The molecule has 1 heterocycles. The van der Waals surface area contributed by atoms with Crippen LogP contribution in [0.2, 0.25) is 0 Å². The highest BCUT2D eigenvalue weighted by atomic mass is 15.2. The third-order valence-electron chi connectivity index (χ3n) is 5.45. The third-order valence-corrected chi connectivity index (χ3v) is 5.45. The minimum absolute atomic E-state index is 0.395. The van der Waals surface area contributed by atoms with Gasteiger partial charge < -0.3 is 10.6 Å². The number of likely N-dealkylation sites (tertiary alicyclic amines) is 1. The molecule has 3 unspecified atom stereocenters. The Balaban J connectivity index is 1.80. The molecule has 21 heavy (non-hydrogen) atoms. The fraction of sp³-hybridized carbons (Fsp3) is 0.667. The van der Waals surface area contributed by atoms with E-state index < -0.39 is 0 Å². The summed E-state index contributed by atoms with van der Waals surface area (Å²) in [6.07, 6.45) is 6.98. The molecule has 0 aromatic heterocycles. The molecule has 0 radical (unpaired) electrons. The Morgan fingerprint density at radius 1 is 1.14 bits per heavy atom. The normalized spacial score (nSPS) is 27.4. The highest BCUT2D eigenvalue weighted by Crippen LogP contribution is 2.40. The predicted octanol–water partition coefficient (Wildman–Crippen LogP) is 3.02. The number of benzene rings is 1. The number of rotatable bonds is 4. The topological polar surface area (TPSA) is 32.5 Å². The number of piperidine rings is 1. The Morgan fingerprint density at radius 3 is 2.52 bits per heavy atom. The van der Waals surface area contributed by atoms with Crippen LogP contribution in [0.5, 0.6) is 0 Å². The van der Waals surface area contributed by atoms with Crippen molar-refractivity contribution in [1.82, 2.24) is 4.90 Å². The summed E-state index contributed by atoms with van der Waals surface area (Å²) in [6.45, 7) is 1.95. The Bertz CT molecular complexity index is 454. The Labute approximate surface area is 129 Å². The molecule has 0 bridgehead atoms. The largest absolute Gasteiger partial charge is 0.378 e. The number of fused-ring (bicyclic) bond motifs is 1. The molecule has 2 fully saturated rings. The molecular formula is C18H29N3. The van der Waals surface area contributed by atoms with Gasteiger partial charge in [-0.2, -0.15) is 0 Å². The van der Waals surface area contributed by atoms with Gasteiger partial charge in [0.25, 0.3) is 0 Å². The fourth-order valence-corrected chi connectivity index (χ4v) is 4.34. The van der Waals surface area contributed by atoms with Crippen LogP contribution >= 0.6 is 0 Å². The van der Waals surface area contributed by atoms with E-state index in [0.717, 1.165) is 18.5 Å². The van der Waals surface area contributed by atoms with Crippen LogP contribution in [0.1, 0.15) is 43.7 Å². The summed E-state index contributed by atoms with van der Waals surface area (Å²) in [7, 11) is 4.17. The van der Waals surface area contributed by atoms with E-state index in [-0.39, 0.29) is 0 Å². The second-order valence-corrected chi connectivity index (χ2v) is 6.88. The van der Waals surface area contributed by atoms with Gasteiger partial charge in [0.2, 0.25) is 0 Å². The first kappa shape index (κ1) is 14.9. The van der Waals surface area contributed by atoms with Crippen LogP contribution in [0.4, 0.5) is 5.69 Å². The average Bonchev–Trinajstić information content (AvgIpc) is 2.98. The molecule has 1 saturated carbocycles. The van der Waals surface area contributed by atoms with Crippen molar-refractivity contribution in [3.8, 4) is 0 Å².